The first-order valence-corrected chi connectivity index (χ1v) is 7.75. The molecule has 2 aromatic rings. The number of thiophene rings is 1. The standard InChI is InChI=1S/C14H19N3OS/c1-11-15-14(18-16-11)13-7-6-12(19-13)10-17-8-4-2-3-5-9-17/h6-7H,2-5,8-10H2,1H3. The summed E-state index contributed by atoms with van der Waals surface area (Å²) in [6.45, 7) is 5.36. The van der Waals surface area contributed by atoms with E-state index in [1.165, 1.54) is 43.6 Å². The van der Waals surface area contributed by atoms with Crippen molar-refractivity contribution in [2.24, 2.45) is 0 Å². The van der Waals surface area contributed by atoms with Crippen LogP contribution in [-0.4, -0.2) is 28.1 Å². The van der Waals surface area contributed by atoms with E-state index in [-0.39, 0.29) is 0 Å². The molecule has 0 spiro atoms. The van der Waals surface area contributed by atoms with Crippen molar-refractivity contribution in [2.45, 2.75) is 39.2 Å². The van der Waals surface area contributed by atoms with E-state index in [0.717, 1.165) is 11.4 Å². The van der Waals surface area contributed by atoms with Crippen LogP contribution in [0.1, 0.15) is 36.4 Å². The number of hydrogen-bond donors (Lipinski definition) is 0. The third-order valence-corrected chi connectivity index (χ3v) is 4.54. The van der Waals surface area contributed by atoms with E-state index >= 15 is 0 Å². The van der Waals surface area contributed by atoms with Crippen LogP contribution in [0.3, 0.4) is 0 Å². The van der Waals surface area contributed by atoms with Gasteiger partial charge in [0, 0.05) is 11.4 Å². The fraction of sp³-hybridized carbons (Fsp3) is 0.571. The maximum absolute atomic E-state index is 5.21. The summed E-state index contributed by atoms with van der Waals surface area (Å²) in [5, 5.41) is 3.84. The molecule has 2 aromatic heterocycles. The van der Waals surface area contributed by atoms with Gasteiger partial charge in [-0.25, -0.2) is 0 Å². The van der Waals surface area contributed by atoms with E-state index in [4.69, 9.17) is 4.52 Å². The van der Waals surface area contributed by atoms with Gasteiger partial charge in [0.15, 0.2) is 5.82 Å². The molecule has 102 valence electrons. The Balaban J connectivity index is 1.67. The highest BCUT2D eigenvalue weighted by Gasteiger charge is 2.13. The Hall–Kier alpha value is -1.20. The fourth-order valence-electron chi connectivity index (χ4n) is 2.49. The Morgan fingerprint density at radius 1 is 1.21 bits per heavy atom. The molecule has 19 heavy (non-hydrogen) atoms. The number of hydrogen-bond acceptors (Lipinski definition) is 5. The van der Waals surface area contributed by atoms with Crippen LogP contribution in [0, 0.1) is 6.92 Å². The number of nitrogens with zero attached hydrogens (tertiary/aromatic N) is 3. The summed E-state index contributed by atoms with van der Waals surface area (Å²) in [7, 11) is 0. The van der Waals surface area contributed by atoms with Gasteiger partial charge in [0.1, 0.15) is 0 Å². The van der Waals surface area contributed by atoms with Gasteiger partial charge < -0.3 is 4.52 Å². The summed E-state index contributed by atoms with van der Waals surface area (Å²) in [4.78, 5) is 9.29. The van der Waals surface area contributed by atoms with Gasteiger partial charge in [-0.2, -0.15) is 4.98 Å². The van der Waals surface area contributed by atoms with Gasteiger partial charge >= 0.3 is 0 Å². The largest absolute Gasteiger partial charge is 0.333 e. The summed E-state index contributed by atoms with van der Waals surface area (Å²) in [5.74, 6) is 1.34. The Labute approximate surface area is 117 Å². The van der Waals surface area contributed by atoms with E-state index < -0.39 is 0 Å². The average molecular weight is 277 g/mol. The van der Waals surface area contributed by atoms with E-state index in [0.29, 0.717) is 11.7 Å². The molecular formula is C14H19N3OS. The van der Waals surface area contributed by atoms with Crippen molar-refractivity contribution in [1.29, 1.82) is 0 Å². The van der Waals surface area contributed by atoms with Crippen LogP contribution >= 0.6 is 11.3 Å². The van der Waals surface area contributed by atoms with Gasteiger partial charge in [-0.1, -0.05) is 18.0 Å². The maximum atomic E-state index is 5.21. The van der Waals surface area contributed by atoms with Crippen molar-refractivity contribution in [3.05, 3.63) is 22.8 Å². The number of aromatic nitrogens is 2. The van der Waals surface area contributed by atoms with Crippen molar-refractivity contribution < 1.29 is 4.52 Å². The molecule has 0 radical (unpaired) electrons. The van der Waals surface area contributed by atoms with Crippen LogP contribution in [0.4, 0.5) is 0 Å². The summed E-state index contributed by atoms with van der Waals surface area (Å²) in [6, 6.07) is 4.27. The average Bonchev–Trinajstić information content (AvgIpc) is 2.94. The van der Waals surface area contributed by atoms with Gasteiger partial charge in [-0.05, 0) is 45.0 Å². The highest BCUT2D eigenvalue weighted by Crippen LogP contribution is 2.28. The smallest absolute Gasteiger partial charge is 0.267 e. The maximum Gasteiger partial charge on any atom is 0.267 e. The molecule has 4 nitrogen and oxygen atoms in total. The lowest BCUT2D eigenvalue weighted by Crippen LogP contribution is -2.23. The lowest BCUT2D eigenvalue weighted by Gasteiger charge is -2.18. The monoisotopic (exact) mass is 277 g/mol. The van der Waals surface area contributed by atoms with Crippen molar-refractivity contribution >= 4 is 11.3 Å². The molecule has 3 rings (SSSR count). The summed E-state index contributed by atoms with van der Waals surface area (Å²) in [5.41, 5.74) is 0. The topological polar surface area (TPSA) is 42.2 Å². The van der Waals surface area contributed by atoms with E-state index in [1.807, 2.05) is 6.92 Å². The fourth-order valence-corrected chi connectivity index (χ4v) is 3.46. The second-order valence-corrected chi connectivity index (χ2v) is 6.27. The quantitative estimate of drug-likeness (QED) is 0.861. The van der Waals surface area contributed by atoms with Gasteiger partial charge in [-0.3, -0.25) is 4.90 Å². The molecule has 0 unspecified atom stereocenters. The highest BCUT2D eigenvalue weighted by atomic mass is 32.1. The first-order chi connectivity index (χ1) is 9.31. The molecule has 5 heteroatoms. The minimum Gasteiger partial charge on any atom is -0.333 e. The Bertz CT molecular complexity index is 526. The zero-order valence-corrected chi connectivity index (χ0v) is 12.1. The van der Waals surface area contributed by atoms with E-state index in [9.17, 15) is 0 Å². The van der Waals surface area contributed by atoms with Crippen LogP contribution in [-0.2, 0) is 6.54 Å². The molecule has 0 aromatic carbocycles. The summed E-state index contributed by atoms with van der Waals surface area (Å²) in [6.07, 6.45) is 5.43. The van der Waals surface area contributed by atoms with Crippen LogP contribution < -0.4 is 0 Å². The molecule has 1 aliphatic rings. The van der Waals surface area contributed by atoms with Crippen LogP contribution in [0.5, 0.6) is 0 Å². The van der Waals surface area contributed by atoms with Crippen LogP contribution in [0.25, 0.3) is 10.8 Å². The summed E-state index contributed by atoms with van der Waals surface area (Å²) < 4.78 is 5.21. The predicted octanol–water partition coefficient (Wildman–Crippen LogP) is 3.48. The van der Waals surface area contributed by atoms with Gasteiger partial charge in [0.05, 0.1) is 4.88 Å². The van der Waals surface area contributed by atoms with Gasteiger partial charge in [-0.15, -0.1) is 11.3 Å². The zero-order chi connectivity index (χ0) is 13.1. The molecule has 0 bridgehead atoms. The lowest BCUT2D eigenvalue weighted by atomic mass is 10.2. The molecule has 3 heterocycles. The van der Waals surface area contributed by atoms with Gasteiger partial charge in [0.25, 0.3) is 5.89 Å². The third kappa shape index (κ3) is 3.22. The normalized spacial score (nSPS) is 17.5. The van der Waals surface area contributed by atoms with Crippen LogP contribution in [0.2, 0.25) is 0 Å². The van der Waals surface area contributed by atoms with Crippen molar-refractivity contribution in [1.82, 2.24) is 15.0 Å². The minimum absolute atomic E-state index is 0.643. The number of aryl methyl sites for hydroxylation is 1. The second-order valence-electron chi connectivity index (χ2n) is 5.10. The Morgan fingerprint density at radius 2 is 2.00 bits per heavy atom. The van der Waals surface area contributed by atoms with Gasteiger partial charge in [0.2, 0.25) is 0 Å². The first-order valence-electron chi connectivity index (χ1n) is 6.93. The SMILES string of the molecule is Cc1noc(-c2ccc(CN3CCCCCC3)s2)n1. The number of rotatable bonds is 3. The minimum atomic E-state index is 0.643. The Morgan fingerprint density at radius 3 is 2.68 bits per heavy atom. The third-order valence-electron chi connectivity index (χ3n) is 3.48. The zero-order valence-electron chi connectivity index (χ0n) is 11.3. The van der Waals surface area contributed by atoms with Crippen molar-refractivity contribution in [3.8, 4) is 10.8 Å². The first kappa shape index (κ1) is 12.8. The molecule has 0 N–H and O–H groups in total. The lowest BCUT2D eigenvalue weighted by molar-refractivity contribution is 0.279. The molecule has 1 saturated heterocycles. The van der Waals surface area contributed by atoms with E-state index in [1.54, 1.807) is 11.3 Å². The molecule has 1 aliphatic heterocycles. The summed E-state index contributed by atoms with van der Waals surface area (Å²) >= 11 is 1.76. The molecule has 0 saturated carbocycles. The Kier molecular flexibility index (Phi) is 3.94. The molecule has 0 aliphatic carbocycles. The second kappa shape index (κ2) is 5.84. The molecule has 1 fully saturated rings. The molecule has 0 amide bonds. The van der Waals surface area contributed by atoms with E-state index in [2.05, 4.69) is 27.2 Å². The highest BCUT2D eigenvalue weighted by molar-refractivity contribution is 7.15. The van der Waals surface area contributed by atoms with Crippen molar-refractivity contribution in [3.63, 3.8) is 0 Å². The molecule has 0 atom stereocenters. The van der Waals surface area contributed by atoms with Crippen LogP contribution in [0.15, 0.2) is 16.7 Å². The number of likely N-dealkylation sites (tertiary alicyclic amines) is 1. The predicted molar refractivity (Wildman–Crippen MR) is 76.1 cm³/mol. The molecular weight excluding hydrogens is 258 g/mol. The van der Waals surface area contributed by atoms with Crippen molar-refractivity contribution in [2.75, 3.05) is 13.1 Å².